The second kappa shape index (κ2) is 10.6. The van der Waals surface area contributed by atoms with Crippen LogP contribution in [0.5, 0.6) is 0 Å². The Bertz CT molecular complexity index is 1240. The molecule has 0 spiro atoms. The third-order valence-corrected chi connectivity index (χ3v) is 5.33. The van der Waals surface area contributed by atoms with Gasteiger partial charge in [-0.3, -0.25) is 19.1 Å². The van der Waals surface area contributed by atoms with Crippen LogP contribution in [0.4, 0.5) is 21.6 Å². The summed E-state index contributed by atoms with van der Waals surface area (Å²) in [6.07, 6.45) is 1.41. The predicted molar refractivity (Wildman–Crippen MR) is 128 cm³/mol. The number of nitrogens with two attached hydrogens (primary N) is 1. The molecule has 33 heavy (non-hydrogen) atoms. The summed E-state index contributed by atoms with van der Waals surface area (Å²) in [6, 6.07) is 13.4. The second-order valence-electron chi connectivity index (χ2n) is 7.78. The van der Waals surface area contributed by atoms with Crippen LogP contribution < -0.4 is 27.2 Å². The number of aromatic nitrogens is 2. The van der Waals surface area contributed by atoms with Crippen LogP contribution in [-0.4, -0.2) is 28.5 Å². The number of nitrogens with zero attached hydrogens (tertiary/aromatic N) is 2. The van der Waals surface area contributed by atoms with Gasteiger partial charge in [-0.25, -0.2) is 9.18 Å². The topological polar surface area (TPSA) is 113 Å². The molecule has 0 aliphatic heterocycles. The summed E-state index contributed by atoms with van der Waals surface area (Å²) in [7, 11) is 0. The third kappa shape index (κ3) is 5.68. The Kier molecular flexibility index (Phi) is 7.66. The smallest absolute Gasteiger partial charge is 0.330 e. The molecule has 3 aromatic rings. The van der Waals surface area contributed by atoms with Crippen molar-refractivity contribution in [3.8, 4) is 0 Å². The highest BCUT2D eigenvalue weighted by Crippen LogP contribution is 2.20. The number of aromatic amines is 1. The first-order valence-corrected chi connectivity index (χ1v) is 10.8. The Morgan fingerprint density at radius 2 is 1.91 bits per heavy atom. The maximum Gasteiger partial charge on any atom is 0.330 e. The number of aryl methyl sites for hydroxylation is 1. The number of nitrogens with one attached hydrogen (secondary N) is 2. The van der Waals surface area contributed by atoms with Gasteiger partial charge < -0.3 is 16.0 Å². The summed E-state index contributed by atoms with van der Waals surface area (Å²) >= 11 is 0. The van der Waals surface area contributed by atoms with E-state index in [4.69, 9.17) is 5.73 Å². The van der Waals surface area contributed by atoms with Crippen molar-refractivity contribution in [2.24, 2.45) is 0 Å². The van der Waals surface area contributed by atoms with Crippen LogP contribution in [0.1, 0.15) is 30.9 Å². The Labute approximate surface area is 190 Å². The fraction of sp³-hybridized carbons (Fsp3) is 0.292. The molecule has 9 heteroatoms. The minimum atomic E-state index is -0.729. The van der Waals surface area contributed by atoms with Gasteiger partial charge in [0.25, 0.3) is 5.56 Å². The first-order chi connectivity index (χ1) is 15.8. The maximum absolute atomic E-state index is 13.6. The van der Waals surface area contributed by atoms with Gasteiger partial charge in [-0.2, -0.15) is 0 Å². The van der Waals surface area contributed by atoms with Crippen molar-refractivity contribution in [3.63, 3.8) is 0 Å². The number of carbonyl (C=O) groups is 1. The number of nitrogen functional groups attached to an aromatic ring is 1. The second-order valence-corrected chi connectivity index (χ2v) is 7.78. The van der Waals surface area contributed by atoms with Gasteiger partial charge in [0, 0.05) is 12.2 Å². The van der Waals surface area contributed by atoms with Crippen molar-refractivity contribution < 1.29 is 9.18 Å². The number of hydrogen-bond donors (Lipinski definition) is 3. The fourth-order valence-electron chi connectivity index (χ4n) is 3.49. The van der Waals surface area contributed by atoms with E-state index in [1.54, 1.807) is 13.0 Å². The number of unbranched alkanes of at least 4 members (excludes halogenated alkanes) is 1. The van der Waals surface area contributed by atoms with Gasteiger partial charge >= 0.3 is 5.69 Å². The van der Waals surface area contributed by atoms with Crippen molar-refractivity contribution in [1.82, 2.24) is 9.55 Å². The number of rotatable bonds is 9. The standard InChI is InChI=1S/C24H28FN5O3/c1-3-4-12-29(20(31)14-27-19-13-18(25)11-10-16(19)2)21-22(26)30(24(33)28-23(21)32)15-17-8-6-5-7-9-17/h5-11,13,27H,3-4,12,14-15,26H2,1-2H3,(H,28,32,33). The number of halogens is 1. The zero-order chi connectivity index (χ0) is 24.0. The molecule has 0 saturated heterocycles. The molecule has 0 fully saturated rings. The van der Waals surface area contributed by atoms with Crippen LogP contribution in [0, 0.1) is 12.7 Å². The van der Waals surface area contributed by atoms with Crippen LogP contribution in [0.15, 0.2) is 58.1 Å². The number of amides is 1. The zero-order valence-electron chi connectivity index (χ0n) is 18.7. The van der Waals surface area contributed by atoms with E-state index in [9.17, 15) is 18.8 Å². The molecule has 0 radical (unpaired) electrons. The highest BCUT2D eigenvalue weighted by molar-refractivity contribution is 5.98. The Hall–Kier alpha value is -3.88. The van der Waals surface area contributed by atoms with E-state index in [0.29, 0.717) is 12.1 Å². The molecular weight excluding hydrogens is 425 g/mol. The molecule has 1 heterocycles. The van der Waals surface area contributed by atoms with Crippen LogP contribution in [-0.2, 0) is 11.3 Å². The lowest BCUT2D eigenvalue weighted by Gasteiger charge is -2.25. The van der Waals surface area contributed by atoms with Crippen molar-refractivity contribution in [2.45, 2.75) is 33.2 Å². The summed E-state index contributed by atoms with van der Waals surface area (Å²) in [6.45, 7) is 3.97. The molecular formula is C24H28FN5O3. The minimum absolute atomic E-state index is 0.0678. The molecule has 0 aliphatic carbocycles. The van der Waals surface area contributed by atoms with Crippen molar-refractivity contribution in [1.29, 1.82) is 0 Å². The van der Waals surface area contributed by atoms with E-state index >= 15 is 0 Å². The number of anilines is 3. The molecule has 4 N–H and O–H groups in total. The molecule has 1 aromatic heterocycles. The molecule has 0 bridgehead atoms. The summed E-state index contributed by atoms with van der Waals surface area (Å²) in [5, 5.41) is 2.93. The predicted octanol–water partition coefficient (Wildman–Crippen LogP) is 2.86. The quantitative estimate of drug-likeness (QED) is 0.461. The van der Waals surface area contributed by atoms with Crippen molar-refractivity contribution >= 4 is 23.1 Å². The van der Waals surface area contributed by atoms with Gasteiger partial charge in [-0.1, -0.05) is 49.7 Å². The van der Waals surface area contributed by atoms with Gasteiger partial charge in [0.2, 0.25) is 5.91 Å². The van der Waals surface area contributed by atoms with Crippen molar-refractivity contribution in [3.05, 3.63) is 86.3 Å². The van der Waals surface area contributed by atoms with Crippen LogP contribution in [0.3, 0.4) is 0 Å². The summed E-state index contributed by atoms with van der Waals surface area (Å²) in [5.41, 5.74) is 6.90. The molecule has 0 unspecified atom stereocenters. The van der Waals surface area contributed by atoms with Crippen LogP contribution >= 0.6 is 0 Å². The average Bonchev–Trinajstić information content (AvgIpc) is 2.79. The van der Waals surface area contributed by atoms with E-state index < -0.39 is 23.0 Å². The molecule has 1 amide bonds. The average molecular weight is 454 g/mol. The van der Waals surface area contributed by atoms with Gasteiger partial charge in [-0.15, -0.1) is 0 Å². The third-order valence-electron chi connectivity index (χ3n) is 5.33. The molecule has 174 valence electrons. The van der Waals surface area contributed by atoms with Gasteiger partial charge in [-0.05, 0) is 36.6 Å². The Morgan fingerprint density at radius 3 is 2.61 bits per heavy atom. The highest BCUT2D eigenvalue weighted by atomic mass is 19.1. The first kappa shape index (κ1) is 23.8. The molecule has 0 atom stereocenters. The Balaban J connectivity index is 1.94. The summed E-state index contributed by atoms with van der Waals surface area (Å²) in [5.74, 6) is -0.930. The number of H-pyrrole nitrogens is 1. The van der Waals surface area contributed by atoms with E-state index in [0.717, 1.165) is 17.5 Å². The van der Waals surface area contributed by atoms with Gasteiger partial charge in [0.1, 0.15) is 11.6 Å². The normalized spacial score (nSPS) is 10.8. The van der Waals surface area contributed by atoms with Crippen LogP contribution in [0.25, 0.3) is 0 Å². The van der Waals surface area contributed by atoms with Gasteiger partial charge in [0.15, 0.2) is 5.69 Å². The molecule has 0 saturated carbocycles. The summed E-state index contributed by atoms with van der Waals surface area (Å²) in [4.78, 5) is 41.9. The first-order valence-electron chi connectivity index (χ1n) is 10.8. The lowest BCUT2D eigenvalue weighted by atomic mass is 10.2. The van der Waals surface area contributed by atoms with E-state index in [1.807, 2.05) is 37.3 Å². The molecule has 3 rings (SSSR count). The largest absolute Gasteiger partial charge is 0.383 e. The maximum atomic E-state index is 13.6. The fourth-order valence-corrected chi connectivity index (χ4v) is 3.49. The summed E-state index contributed by atoms with van der Waals surface area (Å²) < 4.78 is 14.8. The zero-order valence-corrected chi connectivity index (χ0v) is 18.7. The van der Waals surface area contributed by atoms with E-state index in [2.05, 4.69) is 10.3 Å². The monoisotopic (exact) mass is 453 g/mol. The molecule has 8 nitrogen and oxygen atoms in total. The lowest BCUT2D eigenvalue weighted by Crippen LogP contribution is -2.43. The SMILES string of the molecule is CCCCN(C(=O)CNc1cc(F)ccc1C)c1c(N)n(Cc2ccccc2)c(=O)[nH]c1=O. The van der Waals surface area contributed by atoms with Gasteiger partial charge in [0.05, 0.1) is 13.1 Å². The minimum Gasteiger partial charge on any atom is -0.383 e. The van der Waals surface area contributed by atoms with Crippen LogP contribution in [0.2, 0.25) is 0 Å². The van der Waals surface area contributed by atoms with E-state index in [-0.39, 0.29) is 31.1 Å². The Morgan fingerprint density at radius 1 is 1.18 bits per heavy atom. The van der Waals surface area contributed by atoms with E-state index in [1.165, 1.54) is 21.6 Å². The molecule has 0 aliphatic rings. The number of hydrogen-bond acceptors (Lipinski definition) is 5. The highest BCUT2D eigenvalue weighted by Gasteiger charge is 2.24. The van der Waals surface area contributed by atoms with Crippen molar-refractivity contribution in [2.75, 3.05) is 29.0 Å². The number of benzene rings is 2. The lowest BCUT2D eigenvalue weighted by molar-refractivity contribution is -0.117. The molecule has 2 aromatic carbocycles. The number of carbonyl (C=O) groups excluding carboxylic acids is 1.